The number of benzene rings is 1. The molecule has 1 saturated carbocycles. The third-order valence-electron chi connectivity index (χ3n) is 8.35. The van der Waals surface area contributed by atoms with Gasteiger partial charge in [-0.3, -0.25) is 9.78 Å². The van der Waals surface area contributed by atoms with Crippen molar-refractivity contribution < 1.29 is 4.79 Å². The maximum atomic E-state index is 12.6. The van der Waals surface area contributed by atoms with Crippen molar-refractivity contribution in [2.45, 2.75) is 57.8 Å². The Hall–Kier alpha value is -2.82. The van der Waals surface area contributed by atoms with E-state index >= 15 is 0 Å². The van der Waals surface area contributed by atoms with Gasteiger partial charge in [-0.2, -0.15) is 0 Å². The summed E-state index contributed by atoms with van der Waals surface area (Å²) in [7, 11) is 0. The molecule has 5 nitrogen and oxygen atoms in total. The largest absolute Gasteiger partial charge is 0.356 e. The predicted octanol–water partition coefficient (Wildman–Crippen LogP) is 5.11. The number of anilines is 1. The lowest BCUT2D eigenvalue weighted by atomic mass is 9.56. The van der Waals surface area contributed by atoms with Gasteiger partial charge in [-0.05, 0) is 50.2 Å². The Morgan fingerprint density at radius 3 is 2.72 bits per heavy atom. The lowest BCUT2D eigenvalue weighted by Crippen LogP contribution is -2.47. The van der Waals surface area contributed by atoms with E-state index in [0.717, 1.165) is 60.5 Å². The van der Waals surface area contributed by atoms with Crippen LogP contribution in [0.1, 0.15) is 57.2 Å². The highest BCUT2D eigenvalue weighted by atomic mass is 16.1. The van der Waals surface area contributed by atoms with Crippen molar-refractivity contribution in [3.63, 3.8) is 0 Å². The summed E-state index contributed by atoms with van der Waals surface area (Å²) in [6.07, 6.45) is 7.87. The Morgan fingerprint density at radius 1 is 1.06 bits per heavy atom. The molecule has 1 aliphatic heterocycles. The van der Waals surface area contributed by atoms with Crippen LogP contribution < -0.4 is 4.90 Å². The summed E-state index contributed by atoms with van der Waals surface area (Å²) in [5, 5.41) is 1.09. The van der Waals surface area contributed by atoms with Crippen LogP contribution in [0, 0.1) is 11.8 Å². The van der Waals surface area contributed by atoms with E-state index < -0.39 is 0 Å². The second-order valence-electron chi connectivity index (χ2n) is 10.1. The number of carbonyl (C=O) groups excluding carboxylic acids is 1. The Kier molecular flexibility index (Phi) is 4.56. The molecule has 3 aromatic rings. The van der Waals surface area contributed by atoms with Crippen molar-refractivity contribution in [1.29, 1.82) is 0 Å². The quantitative estimate of drug-likeness (QED) is 0.570. The number of nitrogens with zero attached hydrogens (tertiary/aromatic N) is 4. The number of carbonyl (C=O) groups is 1. The normalized spacial score (nSPS) is 27.4. The van der Waals surface area contributed by atoms with Gasteiger partial charge in [-0.15, -0.1) is 0 Å². The molecule has 1 aromatic carbocycles. The van der Waals surface area contributed by atoms with E-state index in [1.54, 1.807) is 0 Å². The highest BCUT2D eigenvalue weighted by molar-refractivity contribution is 5.92. The molecule has 0 N–H and O–H groups in total. The molecule has 0 spiro atoms. The minimum atomic E-state index is -0.0735. The van der Waals surface area contributed by atoms with E-state index in [4.69, 9.17) is 9.97 Å². The SMILES string of the molecule is C[C@H]1C(=O)CC[C@@]2(C)c3nc(-c4ccnc5ccccc45)nc(N4CCCC4)c3CC[C@H]12. The molecule has 2 fully saturated rings. The third kappa shape index (κ3) is 2.90. The van der Waals surface area contributed by atoms with Gasteiger partial charge in [0, 0.05) is 53.6 Å². The highest BCUT2D eigenvalue weighted by Gasteiger charge is 2.50. The maximum absolute atomic E-state index is 12.6. The first-order valence-corrected chi connectivity index (χ1v) is 12.1. The molecule has 0 unspecified atom stereocenters. The van der Waals surface area contributed by atoms with Crippen LogP contribution in [-0.4, -0.2) is 33.8 Å². The van der Waals surface area contributed by atoms with E-state index in [1.165, 1.54) is 24.1 Å². The van der Waals surface area contributed by atoms with Crippen LogP contribution in [0.5, 0.6) is 0 Å². The van der Waals surface area contributed by atoms with Gasteiger partial charge in [0.05, 0.1) is 11.2 Å². The molecule has 5 heteroatoms. The molecule has 3 atom stereocenters. The summed E-state index contributed by atoms with van der Waals surface area (Å²) in [6, 6.07) is 10.3. The van der Waals surface area contributed by atoms with Crippen LogP contribution in [-0.2, 0) is 16.6 Å². The maximum Gasteiger partial charge on any atom is 0.162 e. The van der Waals surface area contributed by atoms with Crippen LogP contribution in [0.25, 0.3) is 22.3 Å². The molecule has 164 valence electrons. The van der Waals surface area contributed by atoms with Crippen molar-refractivity contribution in [3.8, 4) is 11.4 Å². The molecular formula is C27H30N4O. The van der Waals surface area contributed by atoms with E-state index in [9.17, 15) is 4.79 Å². The predicted molar refractivity (Wildman–Crippen MR) is 127 cm³/mol. The topological polar surface area (TPSA) is 59.0 Å². The van der Waals surface area contributed by atoms with Crippen molar-refractivity contribution in [2.75, 3.05) is 18.0 Å². The van der Waals surface area contributed by atoms with Gasteiger partial charge in [0.15, 0.2) is 5.82 Å². The van der Waals surface area contributed by atoms with Gasteiger partial charge >= 0.3 is 0 Å². The van der Waals surface area contributed by atoms with Crippen molar-refractivity contribution >= 4 is 22.5 Å². The molecule has 0 bridgehead atoms. The number of hydrogen-bond acceptors (Lipinski definition) is 5. The molecule has 2 aliphatic carbocycles. The lowest BCUT2D eigenvalue weighted by molar-refractivity contribution is -0.128. The zero-order chi connectivity index (χ0) is 21.9. The van der Waals surface area contributed by atoms with Gasteiger partial charge in [0.2, 0.25) is 0 Å². The fourth-order valence-corrected chi connectivity index (χ4v) is 6.51. The molecular weight excluding hydrogens is 396 g/mol. The smallest absolute Gasteiger partial charge is 0.162 e. The fourth-order valence-electron chi connectivity index (χ4n) is 6.51. The fraction of sp³-hybridized carbons (Fsp3) is 0.481. The van der Waals surface area contributed by atoms with Gasteiger partial charge in [-0.1, -0.05) is 32.0 Å². The number of rotatable bonds is 2. The van der Waals surface area contributed by atoms with Gasteiger partial charge in [-0.25, -0.2) is 9.97 Å². The summed E-state index contributed by atoms with van der Waals surface area (Å²) in [5.41, 5.74) is 4.46. The molecule has 0 amide bonds. The van der Waals surface area contributed by atoms with Crippen LogP contribution in [0.4, 0.5) is 5.82 Å². The molecule has 3 heterocycles. The summed E-state index contributed by atoms with van der Waals surface area (Å²) >= 11 is 0. The second-order valence-corrected chi connectivity index (χ2v) is 10.1. The molecule has 0 radical (unpaired) electrons. The zero-order valence-corrected chi connectivity index (χ0v) is 19.0. The highest BCUT2D eigenvalue weighted by Crippen LogP contribution is 2.52. The first-order valence-electron chi connectivity index (χ1n) is 12.1. The van der Waals surface area contributed by atoms with E-state index in [0.29, 0.717) is 18.1 Å². The number of Topliss-reactive ketones (excluding diaryl/α,β-unsaturated/α-hetero) is 1. The lowest BCUT2D eigenvalue weighted by Gasteiger charge is -2.48. The van der Waals surface area contributed by atoms with Gasteiger partial charge < -0.3 is 4.90 Å². The van der Waals surface area contributed by atoms with E-state index in [2.05, 4.69) is 35.9 Å². The van der Waals surface area contributed by atoms with E-state index in [1.807, 2.05) is 24.4 Å². The standard InChI is InChI=1S/C27H30N4O/c1-17-21-10-9-20-24(27(21,2)13-11-23(17)32)29-25(30-26(20)31-15-5-6-16-31)19-12-14-28-22-8-4-3-7-18(19)22/h3-4,7-8,12,14,17,21H,5-6,9-11,13,15-16H2,1-2H3/t17-,21-,27-/m1/s1. The molecule has 2 aromatic heterocycles. The van der Waals surface area contributed by atoms with Crippen LogP contribution in [0.3, 0.4) is 0 Å². The molecule has 3 aliphatic rings. The molecule has 32 heavy (non-hydrogen) atoms. The van der Waals surface area contributed by atoms with Gasteiger partial charge in [0.1, 0.15) is 11.6 Å². The summed E-state index contributed by atoms with van der Waals surface area (Å²) in [4.78, 5) is 30.1. The van der Waals surface area contributed by atoms with E-state index in [-0.39, 0.29) is 11.3 Å². The minimum absolute atomic E-state index is 0.0735. The van der Waals surface area contributed by atoms with Crippen LogP contribution in [0.2, 0.25) is 0 Å². The third-order valence-corrected chi connectivity index (χ3v) is 8.35. The van der Waals surface area contributed by atoms with Crippen molar-refractivity contribution in [1.82, 2.24) is 15.0 Å². The number of pyridine rings is 1. The Bertz CT molecular complexity index is 1210. The molecule has 1 saturated heterocycles. The average Bonchev–Trinajstić information content (AvgIpc) is 3.36. The first kappa shape index (κ1) is 19.8. The monoisotopic (exact) mass is 426 g/mol. The van der Waals surface area contributed by atoms with Crippen molar-refractivity contribution in [3.05, 3.63) is 47.8 Å². The number of para-hydroxylation sites is 1. The number of fused-ring (bicyclic) bond motifs is 4. The zero-order valence-electron chi connectivity index (χ0n) is 19.0. The van der Waals surface area contributed by atoms with Crippen LogP contribution >= 0.6 is 0 Å². The first-order chi connectivity index (χ1) is 15.6. The summed E-state index contributed by atoms with van der Waals surface area (Å²) in [5.74, 6) is 2.82. The van der Waals surface area contributed by atoms with Crippen LogP contribution in [0.15, 0.2) is 36.5 Å². The number of hydrogen-bond donors (Lipinski definition) is 0. The number of ketones is 1. The Morgan fingerprint density at radius 2 is 1.88 bits per heavy atom. The second kappa shape index (κ2) is 7.36. The Balaban J connectivity index is 1.59. The Labute approximate surface area is 189 Å². The summed E-state index contributed by atoms with van der Waals surface area (Å²) < 4.78 is 0. The minimum Gasteiger partial charge on any atom is -0.356 e. The van der Waals surface area contributed by atoms with Gasteiger partial charge in [0.25, 0.3) is 0 Å². The average molecular weight is 427 g/mol. The number of aromatic nitrogens is 3. The molecule has 6 rings (SSSR count). The van der Waals surface area contributed by atoms with Crippen molar-refractivity contribution in [2.24, 2.45) is 11.8 Å². The summed E-state index contributed by atoms with van der Waals surface area (Å²) in [6.45, 7) is 6.62.